The van der Waals surface area contributed by atoms with Gasteiger partial charge in [-0.05, 0) is 13.3 Å². The number of nitrogens with two attached hydrogens (primary N) is 1. The standard InChI is InChI=1S/C9H12F6N2O/c1-5(16)6(18)17-3-2-7(4-17,8(10,11)12)9(13,14)15/h5H,2-4,16H2,1H3/t5-/m0/s1. The van der Waals surface area contributed by atoms with Crippen molar-refractivity contribution in [3.8, 4) is 0 Å². The Hall–Kier alpha value is -0.990. The van der Waals surface area contributed by atoms with Crippen LogP contribution in [0, 0.1) is 5.41 Å². The van der Waals surface area contributed by atoms with Crippen LogP contribution in [0.25, 0.3) is 0 Å². The summed E-state index contributed by atoms with van der Waals surface area (Å²) >= 11 is 0. The summed E-state index contributed by atoms with van der Waals surface area (Å²) in [7, 11) is 0. The fourth-order valence-electron chi connectivity index (χ4n) is 1.91. The zero-order chi connectivity index (χ0) is 14.4. The summed E-state index contributed by atoms with van der Waals surface area (Å²) in [6, 6.07) is -1.12. The van der Waals surface area contributed by atoms with Crippen LogP contribution in [0.15, 0.2) is 0 Å². The highest BCUT2D eigenvalue weighted by Crippen LogP contribution is 2.55. The first kappa shape index (κ1) is 15.1. The van der Waals surface area contributed by atoms with Gasteiger partial charge in [0.05, 0.1) is 6.04 Å². The van der Waals surface area contributed by atoms with Gasteiger partial charge in [0, 0.05) is 13.1 Å². The van der Waals surface area contributed by atoms with Crippen molar-refractivity contribution >= 4 is 5.91 Å². The Balaban J connectivity index is 3.04. The average molecular weight is 278 g/mol. The van der Waals surface area contributed by atoms with Crippen molar-refractivity contribution < 1.29 is 31.1 Å². The molecule has 1 aliphatic rings. The molecule has 1 fully saturated rings. The summed E-state index contributed by atoms with van der Waals surface area (Å²) in [5, 5.41) is 0. The summed E-state index contributed by atoms with van der Waals surface area (Å²) in [5.74, 6) is -0.912. The van der Waals surface area contributed by atoms with Gasteiger partial charge in [0.2, 0.25) is 5.91 Å². The fourth-order valence-corrected chi connectivity index (χ4v) is 1.91. The Morgan fingerprint density at radius 1 is 1.22 bits per heavy atom. The Morgan fingerprint density at radius 3 is 1.94 bits per heavy atom. The number of likely N-dealkylation sites (tertiary alicyclic amines) is 1. The Labute approximate surface area is 98.9 Å². The smallest absolute Gasteiger partial charge is 0.340 e. The second kappa shape index (κ2) is 4.29. The van der Waals surface area contributed by atoms with Crippen LogP contribution in [-0.4, -0.2) is 42.3 Å². The number of rotatable bonds is 1. The fraction of sp³-hybridized carbons (Fsp3) is 0.889. The predicted octanol–water partition coefficient (Wildman–Crippen LogP) is 1.68. The van der Waals surface area contributed by atoms with Crippen LogP contribution in [0.4, 0.5) is 26.3 Å². The van der Waals surface area contributed by atoms with Crippen LogP contribution in [-0.2, 0) is 4.79 Å². The molecule has 0 bridgehead atoms. The summed E-state index contributed by atoms with van der Waals surface area (Å²) in [5.41, 5.74) is 1.33. The highest BCUT2D eigenvalue weighted by Gasteiger charge is 2.72. The minimum Gasteiger partial charge on any atom is -0.340 e. The van der Waals surface area contributed by atoms with Gasteiger partial charge >= 0.3 is 12.4 Å². The molecule has 2 N–H and O–H groups in total. The van der Waals surface area contributed by atoms with Crippen molar-refractivity contribution in [2.24, 2.45) is 11.1 Å². The number of hydrogen-bond donors (Lipinski definition) is 1. The van der Waals surface area contributed by atoms with E-state index in [1.807, 2.05) is 0 Å². The molecule has 1 rings (SSSR count). The maximum atomic E-state index is 12.7. The van der Waals surface area contributed by atoms with E-state index in [-0.39, 0.29) is 0 Å². The lowest BCUT2D eigenvalue weighted by Gasteiger charge is -2.33. The first-order chi connectivity index (χ1) is 7.92. The quantitative estimate of drug-likeness (QED) is 0.742. The molecule has 0 aromatic rings. The Kier molecular flexibility index (Phi) is 3.59. The lowest BCUT2D eigenvalue weighted by molar-refractivity contribution is -0.334. The monoisotopic (exact) mass is 278 g/mol. The number of nitrogens with zero attached hydrogens (tertiary/aromatic N) is 1. The molecule has 106 valence electrons. The van der Waals surface area contributed by atoms with Crippen molar-refractivity contribution in [3.05, 3.63) is 0 Å². The molecular formula is C9H12F6N2O. The molecule has 0 aromatic carbocycles. The van der Waals surface area contributed by atoms with Crippen molar-refractivity contribution in [3.63, 3.8) is 0 Å². The SMILES string of the molecule is C[C@H](N)C(=O)N1CCC(C(F)(F)F)(C(F)(F)F)C1. The number of carbonyl (C=O) groups is 1. The van der Waals surface area contributed by atoms with Crippen molar-refractivity contribution in [2.75, 3.05) is 13.1 Å². The van der Waals surface area contributed by atoms with E-state index in [0.29, 0.717) is 4.90 Å². The highest BCUT2D eigenvalue weighted by molar-refractivity contribution is 5.81. The third kappa shape index (κ3) is 2.27. The lowest BCUT2D eigenvalue weighted by atomic mass is 9.85. The largest absolute Gasteiger partial charge is 0.404 e. The molecule has 0 aromatic heterocycles. The van der Waals surface area contributed by atoms with Crippen LogP contribution >= 0.6 is 0 Å². The first-order valence-corrected chi connectivity index (χ1v) is 5.10. The number of carbonyl (C=O) groups excluding carboxylic acids is 1. The maximum Gasteiger partial charge on any atom is 0.404 e. The molecule has 1 aliphatic heterocycles. The molecule has 9 heteroatoms. The van der Waals surface area contributed by atoms with Gasteiger partial charge in [0.1, 0.15) is 0 Å². The minimum atomic E-state index is -5.45. The minimum absolute atomic E-state index is 0.519. The number of amides is 1. The van der Waals surface area contributed by atoms with Crippen LogP contribution in [0.5, 0.6) is 0 Å². The summed E-state index contributed by atoms with van der Waals surface area (Å²) in [4.78, 5) is 11.9. The first-order valence-electron chi connectivity index (χ1n) is 5.10. The molecule has 0 aliphatic carbocycles. The van der Waals surface area contributed by atoms with Gasteiger partial charge in [-0.3, -0.25) is 4.79 Å². The van der Waals surface area contributed by atoms with Gasteiger partial charge in [-0.15, -0.1) is 0 Å². The van der Waals surface area contributed by atoms with E-state index in [1.54, 1.807) is 0 Å². The molecule has 1 saturated heterocycles. The van der Waals surface area contributed by atoms with Crippen LogP contribution in [0.1, 0.15) is 13.3 Å². The van der Waals surface area contributed by atoms with Gasteiger partial charge in [0.25, 0.3) is 0 Å². The number of halogens is 6. The Bertz CT molecular complexity index is 321. The van der Waals surface area contributed by atoms with Crippen molar-refractivity contribution in [1.82, 2.24) is 4.90 Å². The summed E-state index contributed by atoms with van der Waals surface area (Å²) < 4.78 is 76.0. The van der Waals surface area contributed by atoms with Gasteiger partial charge in [-0.1, -0.05) is 0 Å². The summed E-state index contributed by atoms with van der Waals surface area (Å²) in [6.07, 6.45) is -12.1. The predicted molar refractivity (Wildman–Crippen MR) is 49.4 cm³/mol. The van der Waals surface area contributed by atoms with E-state index in [9.17, 15) is 31.1 Å². The maximum absolute atomic E-state index is 12.7. The highest BCUT2D eigenvalue weighted by atomic mass is 19.4. The van der Waals surface area contributed by atoms with Crippen molar-refractivity contribution in [1.29, 1.82) is 0 Å². The second-order valence-corrected chi connectivity index (χ2v) is 4.38. The van der Waals surface area contributed by atoms with Gasteiger partial charge < -0.3 is 10.6 Å². The molecular weight excluding hydrogens is 266 g/mol. The van der Waals surface area contributed by atoms with Crippen LogP contribution < -0.4 is 5.73 Å². The molecule has 3 nitrogen and oxygen atoms in total. The molecule has 18 heavy (non-hydrogen) atoms. The average Bonchev–Trinajstić information content (AvgIpc) is 2.59. The second-order valence-electron chi connectivity index (χ2n) is 4.38. The molecule has 1 atom stereocenters. The molecule has 0 saturated carbocycles. The normalized spacial score (nSPS) is 22.1. The van der Waals surface area contributed by atoms with Crippen LogP contribution in [0.2, 0.25) is 0 Å². The van der Waals surface area contributed by atoms with E-state index in [4.69, 9.17) is 5.73 Å². The molecule has 0 spiro atoms. The molecule has 0 unspecified atom stereocenters. The zero-order valence-electron chi connectivity index (χ0n) is 9.40. The molecule has 1 amide bonds. The van der Waals surface area contributed by atoms with Gasteiger partial charge in [-0.25, -0.2) is 0 Å². The third-order valence-corrected chi connectivity index (χ3v) is 3.06. The van der Waals surface area contributed by atoms with E-state index in [1.165, 1.54) is 6.92 Å². The molecule has 1 heterocycles. The summed E-state index contributed by atoms with van der Waals surface area (Å²) in [6.45, 7) is -0.802. The van der Waals surface area contributed by atoms with Gasteiger partial charge in [-0.2, -0.15) is 26.3 Å². The zero-order valence-corrected chi connectivity index (χ0v) is 9.40. The number of alkyl halides is 6. The van der Waals surface area contributed by atoms with E-state index >= 15 is 0 Å². The van der Waals surface area contributed by atoms with Gasteiger partial charge in [0.15, 0.2) is 5.41 Å². The van der Waals surface area contributed by atoms with Crippen LogP contribution in [0.3, 0.4) is 0 Å². The third-order valence-electron chi connectivity index (χ3n) is 3.06. The molecule has 0 radical (unpaired) electrons. The Morgan fingerprint density at radius 2 is 1.67 bits per heavy atom. The van der Waals surface area contributed by atoms with E-state index in [2.05, 4.69) is 0 Å². The number of hydrogen-bond acceptors (Lipinski definition) is 2. The lowest BCUT2D eigenvalue weighted by Crippen LogP contribution is -2.53. The topological polar surface area (TPSA) is 46.3 Å². The van der Waals surface area contributed by atoms with E-state index in [0.717, 1.165) is 0 Å². The van der Waals surface area contributed by atoms with Crippen molar-refractivity contribution in [2.45, 2.75) is 31.7 Å². The van der Waals surface area contributed by atoms with E-state index < -0.39 is 49.2 Å².